The lowest BCUT2D eigenvalue weighted by Crippen LogP contribution is -2.40. The second-order valence-electron chi connectivity index (χ2n) is 12.9. The monoisotopic (exact) mass is 519 g/mol. The zero-order chi connectivity index (χ0) is 26.9. The van der Waals surface area contributed by atoms with Crippen LogP contribution in [0.1, 0.15) is 213 Å². The molecule has 1 rings (SSSR count). The van der Waals surface area contributed by atoms with Gasteiger partial charge in [0.15, 0.2) is 0 Å². The zero-order valence-corrected chi connectivity index (χ0v) is 26.2. The molecule has 0 bridgehead atoms. The van der Waals surface area contributed by atoms with Crippen LogP contribution in [0.15, 0.2) is 0 Å². The van der Waals surface area contributed by atoms with Crippen molar-refractivity contribution in [2.75, 3.05) is 0 Å². The molecule has 0 heterocycles. The molecule has 1 aliphatic carbocycles. The maximum absolute atomic E-state index is 14.0. The van der Waals surface area contributed by atoms with Gasteiger partial charge in [0, 0.05) is 11.3 Å². The molecule has 0 N–H and O–H groups in total. The fourth-order valence-corrected chi connectivity index (χ4v) is 6.99. The van der Waals surface area contributed by atoms with Crippen LogP contribution in [0.25, 0.3) is 0 Å². The second kappa shape index (κ2) is 24.7. The molecule has 0 amide bonds. The van der Waals surface area contributed by atoms with Gasteiger partial charge in [-0.1, -0.05) is 181 Å². The van der Waals surface area contributed by atoms with E-state index in [4.69, 9.17) is 0 Å². The van der Waals surface area contributed by atoms with E-state index in [0.29, 0.717) is 11.7 Å². The van der Waals surface area contributed by atoms with Crippen molar-refractivity contribution >= 4 is 5.78 Å². The molecular weight excluding hydrogens is 448 g/mol. The van der Waals surface area contributed by atoms with Crippen LogP contribution in [0.5, 0.6) is 0 Å². The Morgan fingerprint density at radius 2 is 0.865 bits per heavy atom. The summed E-state index contributed by atoms with van der Waals surface area (Å²) in [5.41, 5.74) is 0.0491. The van der Waals surface area contributed by atoms with E-state index >= 15 is 0 Å². The summed E-state index contributed by atoms with van der Waals surface area (Å²) in [5, 5.41) is 0. The summed E-state index contributed by atoms with van der Waals surface area (Å²) in [5.74, 6) is 1.10. The minimum Gasteiger partial charge on any atom is -0.299 e. The van der Waals surface area contributed by atoms with Gasteiger partial charge in [0.1, 0.15) is 5.78 Å². The molecule has 220 valence electrons. The predicted molar refractivity (Wildman–Crippen MR) is 166 cm³/mol. The lowest BCUT2D eigenvalue weighted by atomic mass is 9.62. The standard InChI is InChI=1S/C36H70O/c1-4-7-10-13-16-19-22-25-29-34-30-28-33-36(35(34)37,31-26-23-20-17-14-11-8-5-2)32-27-24-21-18-15-12-9-6-3/h34H,4-33H2,1-3H3. The van der Waals surface area contributed by atoms with Crippen molar-refractivity contribution in [1.82, 2.24) is 0 Å². The van der Waals surface area contributed by atoms with E-state index in [1.807, 2.05) is 0 Å². The molecule has 1 unspecified atom stereocenters. The van der Waals surface area contributed by atoms with Crippen molar-refractivity contribution in [3.8, 4) is 0 Å². The van der Waals surface area contributed by atoms with Crippen molar-refractivity contribution < 1.29 is 4.79 Å². The highest BCUT2D eigenvalue weighted by Crippen LogP contribution is 2.45. The molecule has 1 heteroatoms. The first-order valence-corrected chi connectivity index (χ1v) is 17.7. The second-order valence-corrected chi connectivity index (χ2v) is 12.9. The summed E-state index contributed by atoms with van der Waals surface area (Å²) < 4.78 is 0. The van der Waals surface area contributed by atoms with Gasteiger partial charge >= 0.3 is 0 Å². The van der Waals surface area contributed by atoms with Crippen molar-refractivity contribution in [2.45, 2.75) is 213 Å². The summed E-state index contributed by atoms with van der Waals surface area (Å²) in [6, 6.07) is 0. The maximum Gasteiger partial charge on any atom is 0.142 e. The van der Waals surface area contributed by atoms with E-state index in [2.05, 4.69) is 20.8 Å². The first kappa shape index (κ1) is 34.7. The summed E-state index contributed by atoms with van der Waals surface area (Å²) in [4.78, 5) is 14.0. The molecule has 37 heavy (non-hydrogen) atoms. The fourth-order valence-electron chi connectivity index (χ4n) is 6.99. The van der Waals surface area contributed by atoms with Crippen molar-refractivity contribution in [3.63, 3.8) is 0 Å². The topological polar surface area (TPSA) is 17.1 Å². The van der Waals surface area contributed by atoms with E-state index < -0.39 is 0 Å². The number of unbranched alkanes of at least 4 members (excludes halogenated alkanes) is 21. The first-order chi connectivity index (χ1) is 18.2. The summed E-state index contributed by atoms with van der Waals surface area (Å²) in [7, 11) is 0. The third-order valence-electron chi connectivity index (χ3n) is 9.53. The average molecular weight is 519 g/mol. The molecule has 1 fully saturated rings. The molecule has 0 aliphatic heterocycles. The van der Waals surface area contributed by atoms with Crippen LogP contribution in [0, 0.1) is 11.3 Å². The van der Waals surface area contributed by atoms with Crippen LogP contribution in [-0.4, -0.2) is 5.78 Å². The highest BCUT2D eigenvalue weighted by molar-refractivity contribution is 5.87. The van der Waals surface area contributed by atoms with E-state index in [1.165, 1.54) is 193 Å². The Morgan fingerprint density at radius 1 is 0.514 bits per heavy atom. The Hall–Kier alpha value is -0.330. The van der Waals surface area contributed by atoms with Crippen LogP contribution >= 0.6 is 0 Å². The number of carbonyl (C=O) groups excluding carboxylic acids is 1. The fraction of sp³-hybridized carbons (Fsp3) is 0.972. The average Bonchev–Trinajstić information content (AvgIpc) is 2.91. The van der Waals surface area contributed by atoms with Crippen LogP contribution in [0.2, 0.25) is 0 Å². The van der Waals surface area contributed by atoms with Gasteiger partial charge in [0.25, 0.3) is 0 Å². The molecule has 1 nitrogen and oxygen atoms in total. The van der Waals surface area contributed by atoms with Gasteiger partial charge in [0.05, 0.1) is 0 Å². The molecule has 1 atom stereocenters. The molecule has 1 aliphatic rings. The molecule has 0 radical (unpaired) electrons. The molecule has 0 aromatic carbocycles. The highest BCUT2D eigenvalue weighted by Gasteiger charge is 2.43. The van der Waals surface area contributed by atoms with Crippen LogP contribution in [-0.2, 0) is 4.79 Å². The largest absolute Gasteiger partial charge is 0.299 e. The molecule has 0 spiro atoms. The van der Waals surface area contributed by atoms with Gasteiger partial charge < -0.3 is 0 Å². The molecular formula is C36H70O. The van der Waals surface area contributed by atoms with Crippen LogP contribution < -0.4 is 0 Å². The number of ketones is 1. The normalized spacial score (nSPS) is 17.5. The quantitative estimate of drug-likeness (QED) is 0.0988. The molecule has 0 saturated heterocycles. The van der Waals surface area contributed by atoms with Gasteiger partial charge in [-0.15, -0.1) is 0 Å². The Balaban J connectivity index is 2.46. The SMILES string of the molecule is CCCCCCCCCCC1CCCC(CCCCCCCCCC)(CCCCCCCCCC)C1=O. The Kier molecular flexibility index (Phi) is 23.2. The first-order valence-electron chi connectivity index (χ1n) is 17.7. The smallest absolute Gasteiger partial charge is 0.142 e. The van der Waals surface area contributed by atoms with Gasteiger partial charge in [-0.2, -0.15) is 0 Å². The van der Waals surface area contributed by atoms with E-state index in [0.717, 1.165) is 0 Å². The van der Waals surface area contributed by atoms with Gasteiger partial charge in [-0.25, -0.2) is 0 Å². The van der Waals surface area contributed by atoms with E-state index in [9.17, 15) is 4.79 Å². The third kappa shape index (κ3) is 17.1. The van der Waals surface area contributed by atoms with Crippen molar-refractivity contribution in [2.24, 2.45) is 11.3 Å². The third-order valence-corrected chi connectivity index (χ3v) is 9.53. The van der Waals surface area contributed by atoms with Crippen molar-refractivity contribution in [3.05, 3.63) is 0 Å². The molecule has 0 aromatic rings. The Labute approximate surface area is 235 Å². The lowest BCUT2D eigenvalue weighted by Gasteiger charge is -2.40. The predicted octanol–water partition coefficient (Wildman–Crippen LogP) is 12.9. The van der Waals surface area contributed by atoms with Gasteiger partial charge in [0.2, 0.25) is 0 Å². The molecule has 0 aromatic heterocycles. The van der Waals surface area contributed by atoms with E-state index in [-0.39, 0.29) is 5.41 Å². The van der Waals surface area contributed by atoms with Crippen molar-refractivity contribution in [1.29, 1.82) is 0 Å². The Bertz CT molecular complexity index is 475. The van der Waals surface area contributed by atoms with Gasteiger partial charge in [-0.05, 0) is 32.1 Å². The Morgan fingerprint density at radius 3 is 1.27 bits per heavy atom. The number of rotatable bonds is 27. The summed E-state index contributed by atoms with van der Waals surface area (Å²) in [6.45, 7) is 6.90. The molecule has 1 saturated carbocycles. The van der Waals surface area contributed by atoms with Gasteiger partial charge in [-0.3, -0.25) is 4.79 Å². The highest BCUT2D eigenvalue weighted by atomic mass is 16.1. The van der Waals surface area contributed by atoms with Crippen LogP contribution in [0.3, 0.4) is 0 Å². The number of hydrogen-bond donors (Lipinski definition) is 0. The lowest BCUT2D eigenvalue weighted by molar-refractivity contribution is -0.138. The number of Topliss-reactive ketones (excluding diaryl/α,β-unsaturated/α-hetero) is 1. The van der Waals surface area contributed by atoms with Crippen LogP contribution in [0.4, 0.5) is 0 Å². The minimum absolute atomic E-state index is 0.0491. The summed E-state index contributed by atoms with van der Waals surface area (Å²) >= 11 is 0. The summed E-state index contributed by atoms with van der Waals surface area (Å²) in [6.07, 6.45) is 40.2. The number of carbonyl (C=O) groups is 1. The van der Waals surface area contributed by atoms with E-state index in [1.54, 1.807) is 0 Å². The maximum atomic E-state index is 14.0. The zero-order valence-electron chi connectivity index (χ0n) is 26.2. The minimum atomic E-state index is 0.0491. The number of hydrogen-bond acceptors (Lipinski definition) is 1.